The number of benzene rings is 1. The Kier molecular flexibility index (Phi) is 2.07. The van der Waals surface area contributed by atoms with Crippen LogP contribution in [0.25, 0.3) is 0 Å². The van der Waals surface area contributed by atoms with Gasteiger partial charge in [0.05, 0.1) is 0 Å². The zero-order valence-electron chi connectivity index (χ0n) is 5.84. The SMILES string of the molecule is Bc1ccc(C(N)F)cc1. The Bertz CT molecular complexity index is 207. The molecule has 1 nitrogen and oxygen atoms in total. The number of hydrogen-bond donors (Lipinski definition) is 1. The monoisotopic (exact) mass is 137 g/mol. The smallest absolute Gasteiger partial charge is 0.174 e. The van der Waals surface area contributed by atoms with E-state index in [1.54, 1.807) is 12.1 Å². The average Bonchev–Trinajstić information content (AvgIpc) is 1.88. The molecule has 2 N–H and O–H groups in total. The van der Waals surface area contributed by atoms with Gasteiger partial charge in [-0.2, -0.15) is 0 Å². The van der Waals surface area contributed by atoms with Gasteiger partial charge in [0.2, 0.25) is 0 Å². The third-order valence-corrected chi connectivity index (χ3v) is 1.40. The predicted octanol–water partition coefficient (Wildman–Crippen LogP) is -0.128. The molecule has 0 aromatic heterocycles. The molecule has 0 aliphatic rings. The van der Waals surface area contributed by atoms with Crippen LogP contribution in [0.5, 0.6) is 0 Å². The molecule has 0 spiro atoms. The number of hydrogen-bond acceptors (Lipinski definition) is 1. The fourth-order valence-corrected chi connectivity index (χ4v) is 0.750. The Morgan fingerprint density at radius 1 is 1.30 bits per heavy atom. The highest BCUT2D eigenvalue weighted by Gasteiger charge is 1.99. The summed E-state index contributed by atoms with van der Waals surface area (Å²) in [6.45, 7) is 0. The van der Waals surface area contributed by atoms with Crippen LogP contribution in [0.3, 0.4) is 0 Å². The van der Waals surface area contributed by atoms with E-state index in [-0.39, 0.29) is 0 Å². The van der Waals surface area contributed by atoms with Gasteiger partial charge in [-0.25, -0.2) is 4.39 Å². The van der Waals surface area contributed by atoms with Crippen molar-refractivity contribution in [3.63, 3.8) is 0 Å². The molecule has 0 saturated heterocycles. The van der Waals surface area contributed by atoms with Gasteiger partial charge >= 0.3 is 0 Å². The molecule has 1 unspecified atom stereocenters. The van der Waals surface area contributed by atoms with E-state index < -0.39 is 6.30 Å². The van der Waals surface area contributed by atoms with Crippen LogP contribution in [0.15, 0.2) is 24.3 Å². The molecule has 0 radical (unpaired) electrons. The minimum absolute atomic E-state index is 0.533. The Morgan fingerprint density at radius 2 is 1.80 bits per heavy atom. The Labute approximate surface area is 60.5 Å². The van der Waals surface area contributed by atoms with Crippen molar-refractivity contribution in [2.75, 3.05) is 0 Å². The first-order chi connectivity index (χ1) is 4.70. The first kappa shape index (κ1) is 7.28. The van der Waals surface area contributed by atoms with Crippen LogP contribution in [-0.2, 0) is 0 Å². The van der Waals surface area contributed by atoms with Crippen LogP contribution in [-0.4, -0.2) is 7.85 Å². The van der Waals surface area contributed by atoms with Crippen molar-refractivity contribution in [2.45, 2.75) is 6.30 Å². The Balaban J connectivity index is 2.89. The summed E-state index contributed by atoms with van der Waals surface area (Å²) in [5.74, 6) is 0. The summed E-state index contributed by atoms with van der Waals surface area (Å²) >= 11 is 0. The molecule has 0 amide bonds. The summed E-state index contributed by atoms with van der Waals surface area (Å²) in [7, 11) is 1.95. The van der Waals surface area contributed by atoms with E-state index in [0.717, 1.165) is 5.46 Å². The predicted molar refractivity (Wildman–Crippen MR) is 42.7 cm³/mol. The zero-order chi connectivity index (χ0) is 7.56. The molecule has 0 bridgehead atoms. The topological polar surface area (TPSA) is 26.0 Å². The van der Waals surface area contributed by atoms with Gasteiger partial charge < -0.3 is 0 Å². The van der Waals surface area contributed by atoms with Crippen LogP contribution < -0.4 is 11.2 Å². The van der Waals surface area contributed by atoms with Crippen molar-refractivity contribution in [1.29, 1.82) is 0 Å². The lowest BCUT2D eigenvalue weighted by atomic mass is 9.95. The zero-order valence-corrected chi connectivity index (χ0v) is 5.84. The van der Waals surface area contributed by atoms with Crippen molar-refractivity contribution >= 4 is 13.3 Å². The fourth-order valence-electron chi connectivity index (χ4n) is 0.750. The summed E-state index contributed by atoms with van der Waals surface area (Å²) in [6.07, 6.45) is -1.35. The maximum atomic E-state index is 12.3. The van der Waals surface area contributed by atoms with Crippen molar-refractivity contribution < 1.29 is 4.39 Å². The van der Waals surface area contributed by atoms with E-state index in [0.29, 0.717) is 5.56 Å². The van der Waals surface area contributed by atoms with Crippen LogP contribution >= 0.6 is 0 Å². The largest absolute Gasteiger partial charge is 0.298 e. The lowest BCUT2D eigenvalue weighted by molar-refractivity contribution is 0.356. The van der Waals surface area contributed by atoms with Gasteiger partial charge in [0.25, 0.3) is 0 Å². The second-order valence-electron chi connectivity index (χ2n) is 2.31. The molecule has 1 rings (SSSR count). The minimum Gasteiger partial charge on any atom is -0.298 e. The van der Waals surface area contributed by atoms with Gasteiger partial charge in [-0.1, -0.05) is 29.7 Å². The molecular weight excluding hydrogens is 128 g/mol. The summed E-state index contributed by atoms with van der Waals surface area (Å²) < 4.78 is 12.3. The van der Waals surface area contributed by atoms with E-state index in [9.17, 15) is 4.39 Å². The molecule has 3 heteroatoms. The highest BCUT2D eigenvalue weighted by molar-refractivity contribution is 6.32. The standard InChI is InChI=1S/C7H9BFN/c8-6-3-1-5(2-4-6)7(9)10/h1-4,7H,8,10H2. The second-order valence-corrected chi connectivity index (χ2v) is 2.31. The molecule has 0 aliphatic carbocycles. The third kappa shape index (κ3) is 1.58. The van der Waals surface area contributed by atoms with Crippen molar-refractivity contribution in [3.8, 4) is 0 Å². The highest BCUT2D eigenvalue weighted by atomic mass is 19.1. The van der Waals surface area contributed by atoms with Crippen molar-refractivity contribution in [3.05, 3.63) is 29.8 Å². The normalized spacial score (nSPS) is 13.0. The van der Waals surface area contributed by atoms with Gasteiger partial charge in [-0.3, -0.25) is 5.73 Å². The maximum Gasteiger partial charge on any atom is 0.174 e. The molecule has 0 heterocycles. The first-order valence-electron chi connectivity index (χ1n) is 3.16. The van der Waals surface area contributed by atoms with Gasteiger partial charge in [0.15, 0.2) is 6.30 Å². The average molecular weight is 137 g/mol. The number of halogens is 1. The Hall–Kier alpha value is -0.825. The molecule has 1 aromatic carbocycles. The molecule has 1 aromatic rings. The fraction of sp³-hybridized carbons (Fsp3) is 0.143. The molecular formula is C7H9BFN. The summed E-state index contributed by atoms with van der Waals surface area (Å²) in [4.78, 5) is 0. The highest BCUT2D eigenvalue weighted by Crippen LogP contribution is 2.07. The molecule has 0 fully saturated rings. The second kappa shape index (κ2) is 2.84. The molecule has 10 heavy (non-hydrogen) atoms. The van der Waals surface area contributed by atoms with E-state index in [2.05, 4.69) is 0 Å². The minimum atomic E-state index is -1.35. The van der Waals surface area contributed by atoms with E-state index >= 15 is 0 Å². The summed E-state index contributed by atoms with van der Waals surface area (Å²) in [6, 6.07) is 7.07. The van der Waals surface area contributed by atoms with Crippen LogP contribution in [0, 0.1) is 0 Å². The van der Waals surface area contributed by atoms with Crippen LogP contribution in [0.4, 0.5) is 4.39 Å². The van der Waals surface area contributed by atoms with Crippen LogP contribution in [0.2, 0.25) is 0 Å². The van der Waals surface area contributed by atoms with E-state index in [1.165, 1.54) is 0 Å². The van der Waals surface area contributed by atoms with Gasteiger partial charge in [0.1, 0.15) is 7.85 Å². The van der Waals surface area contributed by atoms with E-state index in [4.69, 9.17) is 5.73 Å². The Morgan fingerprint density at radius 3 is 2.20 bits per heavy atom. The third-order valence-electron chi connectivity index (χ3n) is 1.40. The summed E-state index contributed by atoms with van der Waals surface area (Å²) in [5.41, 5.74) is 6.65. The molecule has 0 saturated carbocycles. The van der Waals surface area contributed by atoms with Gasteiger partial charge in [-0.05, 0) is 0 Å². The van der Waals surface area contributed by atoms with Crippen molar-refractivity contribution in [2.24, 2.45) is 5.73 Å². The number of rotatable bonds is 1. The summed E-state index contributed by atoms with van der Waals surface area (Å²) in [5, 5.41) is 0. The number of alkyl halides is 1. The van der Waals surface area contributed by atoms with Gasteiger partial charge in [0, 0.05) is 5.56 Å². The van der Waals surface area contributed by atoms with Crippen molar-refractivity contribution in [1.82, 2.24) is 0 Å². The lowest BCUT2D eigenvalue weighted by Gasteiger charge is -2.00. The molecule has 52 valence electrons. The maximum absolute atomic E-state index is 12.3. The van der Waals surface area contributed by atoms with Crippen LogP contribution in [0.1, 0.15) is 11.9 Å². The van der Waals surface area contributed by atoms with E-state index in [1.807, 2.05) is 20.0 Å². The first-order valence-corrected chi connectivity index (χ1v) is 3.16. The lowest BCUT2D eigenvalue weighted by Crippen LogP contribution is -2.06. The number of nitrogens with two attached hydrogens (primary N) is 1. The molecule has 1 atom stereocenters. The molecule has 0 aliphatic heterocycles. The van der Waals surface area contributed by atoms with Gasteiger partial charge in [-0.15, -0.1) is 0 Å². The quantitative estimate of drug-likeness (QED) is 0.423.